The summed E-state index contributed by atoms with van der Waals surface area (Å²) in [6.07, 6.45) is 1.63. The predicted molar refractivity (Wildman–Crippen MR) is 155 cm³/mol. The van der Waals surface area contributed by atoms with Crippen LogP contribution in [0, 0.1) is 10.1 Å². The Morgan fingerprint density at radius 2 is 1.60 bits per heavy atom. The van der Waals surface area contributed by atoms with Crippen molar-refractivity contribution in [2.45, 2.75) is 13.5 Å². The van der Waals surface area contributed by atoms with Crippen molar-refractivity contribution in [1.82, 2.24) is 0 Å². The number of nitrogens with zero attached hydrogens (tertiary/aromatic N) is 2. The summed E-state index contributed by atoms with van der Waals surface area (Å²) in [5.74, 6) is 0.634. The molecule has 4 aromatic carbocycles. The molecule has 0 atom stereocenters. The summed E-state index contributed by atoms with van der Waals surface area (Å²) >= 11 is 3.54. The van der Waals surface area contributed by atoms with Gasteiger partial charge in [-0.15, -0.1) is 0 Å². The van der Waals surface area contributed by atoms with Crippen molar-refractivity contribution >= 4 is 39.6 Å². The number of rotatable bonds is 9. The number of ether oxygens (including phenoxy) is 3. The van der Waals surface area contributed by atoms with Crippen LogP contribution >= 0.6 is 15.9 Å². The molecule has 9 heteroatoms. The Bertz CT molecular complexity index is 1610. The molecule has 0 amide bonds. The van der Waals surface area contributed by atoms with Gasteiger partial charge < -0.3 is 14.2 Å². The van der Waals surface area contributed by atoms with Gasteiger partial charge in [-0.25, -0.2) is 9.79 Å². The summed E-state index contributed by atoms with van der Waals surface area (Å²) in [5, 5.41) is 10.9. The van der Waals surface area contributed by atoms with Gasteiger partial charge in [0.25, 0.3) is 5.69 Å². The van der Waals surface area contributed by atoms with Crippen molar-refractivity contribution in [3.8, 4) is 22.6 Å². The number of carbonyl (C=O) groups excluding carboxylic acids is 1. The van der Waals surface area contributed by atoms with E-state index in [-0.39, 0.29) is 23.9 Å². The molecular formula is C31H23BrN2O6. The van der Waals surface area contributed by atoms with Gasteiger partial charge in [0.05, 0.1) is 16.0 Å². The third-order valence-corrected chi connectivity index (χ3v) is 6.61. The van der Waals surface area contributed by atoms with E-state index in [1.165, 1.54) is 12.1 Å². The molecule has 0 unspecified atom stereocenters. The minimum Gasteiger partial charge on any atom is -0.490 e. The number of non-ortho nitro benzene ring substituents is 1. The Kier molecular flexibility index (Phi) is 8.02. The van der Waals surface area contributed by atoms with Crippen LogP contribution in [0.15, 0.2) is 106 Å². The van der Waals surface area contributed by atoms with E-state index in [1.54, 1.807) is 30.3 Å². The van der Waals surface area contributed by atoms with E-state index in [0.29, 0.717) is 33.7 Å². The first-order chi connectivity index (χ1) is 19.4. The summed E-state index contributed by atoms with van der Waals surface area (Å²) < 4.78 is 17.9. The maximum atomic E-state index is 12.6. The second kappa shape index (κ2) is 12.0. The van der Waals surface area contributed by atoms with Crippen LogP contribution in [0.3, 0.4) is 0 Å². The third-order valence-electron chi connectivity index (χ3n) is 6.02. The normalized spacial score (nSPS) is 13.6. The highest BCUT2D eigenvalue weighted by molar-refractivity contribution is 9.10. The Hall–Kier alpha value is -4.76. The maximum absolute atomic E-state index is 12.6. The molecular weight excluding hydrogens is 576 g/mol. The zero-order valence-corrected chi connectivity index (χ0v) is 23.0. The topological polar surface area (TPSA) is 100 Å². The van der Waals surface area contributed by atoms with Gasteiger partial charge in [0.1, 0.15) is 6.61 Å². The fourth-order valence-corrected chi connectivity index (χ4v) is 4.64. The molecule has 1 aliphatic rings. The Balaban J connectivity index is 1.36. The summed E-state index contributed by atoms with van der Waals surface area (Å²) in [4.78, 5) is 27.5. The van der Waals surface area contributed by atoms with Gasteiger partial charge in [-0.1, -0.05) is 42.5 Å². The van der Waals surface area contributed by atoms with Gasteiger partial charge in [-0.05, 0) is 87.6 Å². The second-order valence-corrected chi connectivity index (χ2v) is 9.61. The molecule has 0 radical (unpaired) electrons. The molecule has 0 N–H and O–H groups in total. The van der Waals surface area contributed by atoms with Gasteiger partial charge in [0.15, 0.2) is 17.2 Å². The van der Waals surface area contributed by atoms with Crippen LogP contribution in [0.4, 0.5) is 5.69 Å². The van der Waals surface area contributed by atoms with Gasteiger partial charge >= 0.3 is 5.97 Å². The molecule has 1 aliphatic heterocycles. The number of nitro benzene ring substituents is 1. The average molecular weight is 599 g/mol. The molecule has 200 valence electrons. The first-order valence-electron chi connectivity index (χ1n) is 12.4. The molecule has 0 bridgehead atoms. The largest absolute Gasteiger partial charge is 0.490 e. The van der Waals surface area contributed by atoms with E-state index in [1.807, 2.05) is 61.5 Å². The molecule has 4 aromatic rings. The van der Waals surface area contributed by atoms with E-state index in [0.717, 1.165) is 16.7 Å². The molecule has 0 saturated carbocycles. The smallest absolute Gasteiger partial charge is 0.363 e. The van der Waals surface area contributed by atoms with Crippen molar-refractivity contribution < 1.29 is 23.9 Å². The van der Waals surface area contributed by atoms with Crippen molar-refractivity contribution in [1.29, 1.82) is 0 Å². The van der Waals surface area contributed by atoms with Crippen LogP contribution in [-0.2, 0) is 16.1 Å². The molecule has 40 heavy (non-hydrogen) atoms. The molecule has 0 aliphatic carbocycles. The lowest BCUT2D eigenvalue weighted by atomic mass is 10.0. The van der Waals surface area contributed by atoms with Crippen molar-refractivity contribution in [2.75, 3.05) is 6.61 Å². The van der Waals surface area contributed by atoms with Crippen LogP contribution in [-0.4, -0.2) is 23.4 Å². The van der Waals surface area contributed by atoms with Crippen LogP contribution < -0.4 is 9.47 Å². The highest BCUT2D eigenvalue weighted by Crippen LogP contribution is 2.38. The summed E-state index contributed by atoms with van der Waals surface area (Å²) in [5.41, 5.74) is 4.44. The molecule has 0 fully saturated rings. The van der Waals surface area contributed by atoms with Crippen molar-refractivity contribution in [3.63, 3.8) is 0 Å². The lowest BCUT2D eigenvalue weighted by molar-refractivity contribution is -0.384. The van der Waals surface area contributed by atoms with Crippen molar-refractivity contribution in [2.24, 2.45) is 4.99 Å². The number of aliphatic imine (C=N–C) groups is 1. The van der Waals surface area contributed by atoms with Crippen LogP contribution in [0.2, 0.25) is 0 Å². The number of hydrogen-bond acceptors (Lipinski definition) is 7. The Morgan fingerprint density at radius 1 is 0.925 bits per heavy atom. The minimum absolute atomic E-state index is 0.0118. The Morgan fingerprint density at radius 3 is 2.27 bits per heavy atom. The quantitative estimate of drug-likeness (QED) is 0.0864. The van der Waals surface area contributed by atoms with E-state index in [4.69, 9.17) is 14.2 Å². The molecule has 1 heterocycles. The monoisotopic (exact) mass is 598 g/mol. The SMILES string of the molecule is CCOc1cc(/C=C2\N=C(c3ccc(-c4ccccc4)cc3)OC2=O)cc(Br)c1OCc1ccc([N+](=O)[O-])cc1. The molecule has 8 nitrogen and oxygen atoms in total. The maximum Gasteiger partial charge on any atom is 0.363 e. The lowest BCUT2D eigenvalue weighted by Gasteiger charge is -2.15. The zero-order chi connectivity index (χ0) is 28.1. The van der Waals surface area contributed by atoms with Gasteiger partial charge in [-0.2, -0.15) is 0 Å². The fraction of sp³-hybridized carbons (Fsp3) is 0.0968. The first kappa shape index (κ1) is 26.8. The fourth-order valence-electron chi connectivity index (χ4n) is 4.07. The zero-order valence-electron chi connectivity index (χ0n) is 21.4. The van der Waals surface area contributed by atoms with Crippen LogP contribution in [0.5, 0.6) is 11.5 Å². The number of benzene rings is 4. The number of hydrogen-bond donors (Lipinski definition) is 0. The number of nitro groups is 1. The minimum atomic E-state index is -0.547. The summed E-state index contributed by atoms with van der Waals surface area (Å²) in [6.45, 7) is 2.43. The van der Waals surface area contributed by atoms with Crippen LogP contribution in [0.25, 0.3) is 17.2 Å². The lowest BCUT2D eigenvalue weighted by Crippen LogP contribution is -2.05. The molecule has 5 rings (SSSR count). The van der Waals surface area contributed by atoms with Gasteiger partial charge in [-0.3, -0.25) is 10.1 Å². The number of cyclic esters (lactones) is 1. The average Bonchev–Trinajstić information content (AvgIpc) is 3.33. The van der Waals surface area contributed by atoms with E-state index < -0.39 is 10.9 Å². The second-order valence-electron chi connectivity index (χ2n) is 8.75. The first-order valence-corrected chi connectivity index (χ1v) is 13.2. The summed E-state index contributed by atoms with van der Waals surface area (Å²) in [7, 11) is 0. The Labute approximate surface area is 238 Å². The highest BCUT2D eigenvalue weighted by Gasteiger charge is 2.24. The molecule has 0 aromatic heterocycles. The van der Waals surface area contributed by atoms with E-state index in [9.17, 15) is 14.9 Å². The summed E-state index contributed by atoms with van der Waals surface area (Å²) in [6, 6.07) is 27.3. The number of carbonyl (C=O) groups is 1. The highest BCUT2D eigenvalue weighted by atomic mass is 79.9. The van der Waals surface area contributed by atoms with Crippen LogP contribution in [0.1, 0.15) is 23.6 Å². The van der Waals surface area contributed by atoms with Gasteiger partial charge in [0.2, 0.25) is 5.90 Å². The van der Waals surface area contributed by atoms with Crippen molar-refractivity contribution in [3.05, 3.63) is 128 Å². The number of esters is 1. The van der Waals surface area contributed by atoms with E-state index in [2.05, 4.69) is 20.9 Å². The third kappa shape index (κ3) is 6.10. The predicted octanol–water partition coefficient (Wildman–Crippen LogP) is 7.35. The molecule has 0 spiro atoms. The standard InChI is InChI=1S/C31H23BrN2O6/c1-2-38-28-18-21(16-26(32)29(28)39-19-20-8-14-25(15-9-20)34(36)37)17-27-31(35)40-30(33-27)24-12-10-23(11-13-24)22-6-4-3-5-7-22/h3-18H,2,19H2,1H3/b27-17-. The number of halogens is 1. The van der Waals surface area contributed by atoms with Gasteiger partial charge in [0, 0.05) is 17.7 Å². The molecule has 0 saturated heterocycles. The van der Waals surface area contributed by atoms with E-state index >= 15 is 0 Å².